The van der Waals surface area contributed by atoms with E-state index >= 15 is 0 Å². The molecule has 25 heteroatoms. The van der Waals surface area contributed by atoms with Gasteiger partial charge < -0.3 is 32.2 Å². The maximum absolute atomic E-state index is 13.4. The van der Waals surface area contributed by atoms with Gasteiger partial charge in [0.2, 0.25) is 18.0 Å². The van der Waals surface area contributed by atoms with Gasteiger partial charge in [-0.1, -0.05) is 11.3 Å². The molecule has 3 aromatic heterocycles. The number of piperidine rings is 1. The number of ether oxygens (including phenoxy) is 1. The molecule has 0 spiro atoms. The van der Waals surface area contributed by atoms with Crippen molar-refractivity contribution in [2.24, 2.45) is 11.5 Å². The number of nitrogens with one attached hydrogen (secondary N) is 4. The topological polar surface area (TPSA) is 297 Å². The van der Waals surface area contributed by atoms with Crippen molar-refractivity contribution in [1.82, 2.24) is 45.3 Å². The van der Waals surface area contributed by atoms with Crippen LogP contribution in [-0.4, -0.2) is 108 Å². The minimum Gasteiger partial charge on any atom is -0.471 e. The van der Waals surface area contributed by atoms with E-state index in [-0.39, 0.29) is 64.9 Å². The fourth-order valence-electron chi connectivity index (χ4n) is 7.63. The first-order chi connectivity index (χ1) is 32.1. The van der Waals surface area contributed by atoms with Gasteiger partial charge >= 0.3 is 6.18 Å². The van der Waals surface area contributed by atoms with E-state index in [1.54, 1.807) is 35.1 Å². The molecule has 3 aliphatic heterocycles. The lowest BCUT2D eigenvalue weighted by Gasteiger charge is -2.27. The molecule has 1 saturated heterocycles. The van der Waals surface area contributed by atoms with Crippen molar-refractivity contribution in [3.63, 3.8) is 0 Å². The first-order valence-corrected chi connectivity index (χ1v) is 20.5. The molecule has 2 atom stereocenters. The lowest BCUT2D eigenvalue weighted by molar-refractivity contribution is -0.136. The fourth-order valence-corrected chi connectivity index (χ4v) is 7.63. The summed E-state index contributed by atoms with van der Waals surface area (Å²) in [6.45, 7) is -0.305. The maximum Gasteiger partial charge on any atom is 0.405 e. The van der Waals surface area contributed by atoms with Crippen LogP contribution in [0.3, 0.4) is 0 Å². The number of aromatic nitrogens is 6. The smallest absolute Gasteiger partial charge is 0.405 e. The van der Waals surface area contributed by atoms with E-state index in [0.29, 0.717) is 48.6 Å². The predicted octanol–water partition coefficient (Wildman–Crippen LogP) is 1.67. The van der Waals surface area contributed by atoms with E-state index in [2.05, 4.69) is 41.7 Å². The molecule has 67 heavy (non-hydrogen) atoms. The van der Waals surface area contributed by atoms with Gasteiger partial charge in [-0.3, -0.25) is 53.4 Å². The number of carbonyl (C=O) groups is 7. The molecule has 7 amide bonds. The Morgan fingerprint density at radius 2 is 1.72 bits per heavy atom. The number of hydrogen-bond acceptors (Lipinski definition) is 15. The number of nitrogens with zero attached hydrogens (tertiary/aromatic N) is 8. The zero-order chi connectivity index (χ0) is 47.6. The standard InChI is InChI=1S/C42H39F3N14O8/c43-42(44,45)21-51-31-17-23(11-14-49-31)41-58(30(20-67-41)35(46)61)29-19-57(54-34(29)36(47)62)25-7-5-22(6-8-25)37(63)50-13-2-16-56-18-24(53-55-56)12-15-48-27-4-1-3-26-33(27)40(66)59(39(26)65)28-9-10-32(60)52-38(28)64/h1,3-8,11,14,17-20,28,41,48H,2,9-10,12-13,15-16,21H2,(H2,46,61)(H2,47,62)(H,49,51)(H,50,63)(H,52,60,64). The summed E-state index contributed by atoms with van der Waals surface area (Å²) in [4.78, 5) is 94.8. The highest BCUT2D eigenvalue weighted by molar-refractivity contribution is 6.25. The van der Waals surface area contributed by atoms with Crippen LogP contribution in [0.2, 0.25) is 0 Å². The number of benzene rings is 2. The minimum absolute atomic E-state index is 0.00672. The van der Waals surface area contributed by atoms with Crippen molar-refractivity contribution in [2.75, 3.05) is 35.2 Å². The first-order valence-electron chi connectivity index (χ1n) is 20.5. The third kappa shape index (κ3) is 9.59. The molecule has 8 rings (SSSR count). The van der Waals surface area contributed by atoms with Gasteiger partial charge in [0.1, 0.15) is 30.4 Å². The van der Waals surface area contributed by atoms with Crippen LogP contribution in [0.4, 0.5) is 30.4 Å². The summed E-state index contributed by atoms with van der Waals surface area (Å²) in [5.74, 6) is -4.80. The van der Waals surface area contributed by atoms with Crippen molar-refractivity contribution >= 4 is 58.5 Å². The zero-order valence-corrected chi connectivity index (χ0v) is 34.9. The third-order valence-electron chi connectivity index (χ3n) is 10.8. The average molecular weight is 925 g/mol. The molecule has 0 bridgehead atoms. The maximum atomic E-state index is 13.4. The van der Waals surface area contributed by atoms with Crippen molar-refractivity contribution in [3.05, 3.63) is 119 Å². The molecule has 0 radical (unpaired) electrons. The Kier molecular flexibility index (Phi) is 12.4. The van der Waals surface area contributed by atoms with Crippen molar-refractivity contribution in [3.8, 4) is 5.69 Å². The second-order valence-corrected chi connectivity index (χ2v) is 15.3. The summed E-state index contributed by atoms with van der Waals surface area (Å²) in [6.07, 6.45) is 0.686. The second-order valence-electron chi connectivity index (χ2n) is 15.3. The summed E-state index contributed by atoms with van der Waals surface area (Å²) in [6, 6.07) is 12.6. The first kappa shape index (κ1) is 44.9. The van der Waals surface area contributed by atoms with E-state index in [9.17, 15) is 46.7 Å². The monoisotopic (exact) mass is 924 g/mol. The van der Waals surface area contributed by atoms with E-state index in [4.69, 9.17) is 16.2 Å². The minimum atomic E-state index is -4.52. The van der Waals surface area contributed by atoms with Crippen LogP contribution in [0.15, 0.2) is 85.1 Å². The Morgan fingerprint density at radius 1 is 0.925 bits per heavy atom. The lowest BCUT2D eigenvalue weighted by atomic mass is 10.0. The SMILES string of the molecule is NC(=O)C1=COC(c2ccnc(NCC(F)(F)F)c2)N1c1cn(-c2ccc(C(=O)NCCCn3cc(CCNc4cccc5c4C(=O)N(C4CCC(=O)NC4=O)C5=O)nn3)cc2)nc1C(N)=O. The molecule has 346 valence electrons. The second kappa shape index (κ2) is 18.5. The van der Waals surface area contributed by atoms with Gasteiger partial charge in [0, 0.05) is 61.7 Å². The van der Waals surface area contributed by atoms with Gasteiger partial charge in [-0.25, -0.2) is 9.67 Å². The highest BCUT2D eigenvalue weighted by Gasteiger charge is 2.46. The average Bonchev–Trinajstić information content (AvgIpc) is 4.10. The molecule has 8 N–H and O–H groups in total. The number of halogens is 3. The number of hydrogen-bond donors (Lipinski definition) is 6. The number of rotatable bonds is 17. The molecule has 6 heterocycles. The molecule has 0 saturated carbocycles. The van der Waals surface area contributed by atoms with Crippen molar-refractivity contribution < 1.29 is 51.5 Å². The van der Waals surface area contributed by atoms with E-state index < -0.39 is 60.4 Å². The Morgan fingerprint density at radius 3 is 2.45 bits per heavy atom. The highest BCUT2D eigenvalue weighted by Crippen LogP contribution is 2.39. The highest BCUT2D eigenvalue weighted by atomic mass is 19.4. The number of amides is 7. The van der Waals surface area contributed by atoms with E-state index in [1.165, 1.54) is 52.3 Å². The number of alkyl halides is 3. The van der Waals surface area contributed by atoms with Gasteiger partial charge in [0.25, 0.3) is 29.5 Å². The Balaban J connectivity index is 0.840. The summed E-state index contributed by atoms with van der Waals surface area (Å²) in [7, 11) is 0. The molecule has 22 nitrogen and oxygen atoms in total. The van der Waals surface area contributed by atoms with Crippen LogP contribution in [-0.2, 0) is 32.1 Å². The number of fused-ring (bicyclic) bond motifs is 1. The number of aryl methyl sites for hydroxylation is 1. The van der Waals surface area contributed by atoms with Crippen LogP contribution >= 0.6 is 0 Å². The normalized spacial score (nSPS) is 16.9. The van der Waals surface area contributed by atoms with Gasteiger partial charge in [-0.2, -0.15) is 18.3 Å². The number of anilines is 3. The van der Waals surface area contributed by atoms with Gasteiger partial charge in [-0.15, -0.1) is 5.10 Å². The summed E-state index contributed by atoms with van der Waals surface area (Å²) >= 11 is 0. The van der Waals surface area contributed by atoms with Crippen molar-refractivity contribution in [2.45, 2.75) is 50.7 Å². The number of imide groups is 2. The van der Waals surface area contributed by atoms with Gasteiger partial charge in [0.05, 0.1) is 34.4 Å². The van der Waals surface area contributed by atoms with Crippen LogP contribution < -0.4 is 37.6 Å². The zero-order valence-electron chi connectivity index (χ0n) is 34.9. The Labute approximate surface area is 376 Å². The van der Waals surface area contributed by atoms with E-state index in [0.717, 1.165) is 11.2 Å². The van der Waals surface area contributed by atoms with Gasteiger partial charge in [-0.05, 0) is 61.4 Å². The molecule has 0 aliphatic carbocycles. The number of primary amides is 2. The van der Waals surface area contributed by atoms with Crippen LogP contribution in [0.25, 0.3) is 5.69 Å². The largest absolute Gasteiger partial charge is 0.471 e. The quantitative estimate of drug-likeness (QED) is 0.0571. The molecular formula is C42H39F3N14O8. The van der Waals surface area contributed by atoms with Crippen molar-refractivity contribution in [1.29, 1.82) is 0 Å². The fraction of sp³-hybridized carbons (Fsp3) is 0.262. The molecule has 2 aromatic carbocycles. The van der Waals surface area contributed by atoms with Crippen LogP contribution in [0.5, 0.6) is 0 Å². The summed E-state index contributed by atoms with van der Waals surface area (Å²) < 4.78 is 47.2. The van der Waals surface area contributed by atoms with E-state index in [1.807, 2.05) is 0 Å². The third-order valence-corrected chi connectivity index (χ3v) is 10.8. The molecule has 5 aromatic rings. The molecule has 1 fully saturated rings. The number of pyridine rings is 1. The summed E-state index contributed by atoms with van der Waals surface area (Å²) in [5, 5.41) is 23.0. The van der Waals surface area contributed by atoms with Crippen LogP contribution in [0.1, 0.15) is 78.3 Å². The molecule has 2 unspecified atom stereocenters. The molecule has 3 aliphatic rings. The lowest BCUT2D eigenvalue weighted by Crippen LogP contribution is -2.54. The Hall–Kier alpha value is -8.64. The predicted molar refractivity (Wildman–Crippen MR) is 227 cm³/mol. The Bertz CT molecular complexity index is 2840. The summed E-state index contributed by atoms with van der Waals surface area (Å²) in [5.41, 5.74) is 13.1. The molecular weight excluding hydrogens is 886 g/mol. The number of carbonyl (C=O) groups excluding carboxylic acids is 7. The number of nitrogens with two attached hydrogens (primary N) is 2. The van der Waals surface area contributed by atoms with Gasteiger partial charge in [0.15, 0.2) is 5.69 Å². The van der Waals surface area contributed by atoms with Crippen LogP contribution in [0, 0.1) is 0 Å².